The first-order chi connectivity index (χ1) is 17.9. The van der Waals surface area contributed by atoms with Gasteiger partial charge in [0, 0.05) is 36.8 Å². The maximum atomic E-state index is 13.9. The molecule has 5 rings (SSSR count). The third-order valence-corrected chi connectivity index (χ3v) is 8.69. The molecule has 1 heterocycles. The Morgan fingerprint density at radius 2 is 1.95 bits per heavy atom. The molecule has 1 amide bonds. The van der Waals surface area contributed by atoms with Gasteiger partial charge >= 0.3 is 0 Å². The van der Waals surface area contributed by atoms with Crippen molar-refractivity contribution in [3.63, 3.8) is 0 Å². The molecule has 204 valence electrons. The zero-order valence-corrected chi connectivity index (χ0v) is 21.9. The van der Waals surface area contributed by atoms with Crippen LogP contribution in [0.15, 0.2) is 28.7 Å². The van der Waals surface area contributed by atoms with Crippen LogP contribution >= 0.6 is 0 Å². The Labute approximate surface area is 220 Å². The van der Waals surface area contributed by atoms with E-state index in [4.69, 9.17) is 5.73 Å². The predicted molar refractivity (Wildman–Crippen MR) is 138 cm³/mol. The first-order valence-corrected chi connectivity index (χ1v) is 12.8. The van der Waals surface area contributed by atoms with Gasteiger partial charge in [-0.25, -0.2) is 0 Å². The Bertz CT molecular complexity index is 1330. The highest BCUT2D eigenvalue weighted by molar-refractivity contribution is 6.24. The van der Waals surface area contributed by atoms with Crippen molar-refractivity contribution in [1.82, 2.24) is 10.2 Å². The molecule has 0 saturated carbocycles. The van der Waals surface area contributed by atoms with Gasteiger partial charge in [-0.1, -0.05) is 6.92 Å². The molecule has 1 aromatic carbocycles. The average molecular weight is 527 g/mol. The lowest BCUT2D eigenvalue weighted by molar-refractivity contribution is -0.148. The van der Waals surface area contributed by atoms with Crippen LogP contribution in [0.1, 0.15) is 47.3 Å². The lowest BCUT2D eigenvalue weighted by Gasteiger charge is -2.50. The number of aromatic hydroxyl groups is 1. The number of nitrogens with two attached hydrogens (primary N) is 1. The number of Topliss-reactive ketones (excluding diaryl/α,β-unsaturated/α-hetero) is 2. The number of likely N-dealkylation sites (N-methyl/N-ethyl adjacent to an activating group) is 1. The molecule has 0 spiro atoms. The number of hydrogen-bond acceptors (Lipinski definition) is 10. The summed E-state index contributed by atoms with van der Waals surface area (Å²) >= 11 is 0. The molecule has 0 aromatic heterocycles. The van der Waals surface area contributed by atoms with E-state index in [1.165, 1.54) is 0 Å². The second-order valence-corrected chi connectivity index (χ2v) is 11.0. The van der Waals surface area contributed by atoms with Crippen molar-refractivity contribution in [2.24, 2.45) is 17.6 Å². The number of nitrogens with one attached hydrogen (secondary N) is 1. The van der Waals surface area contributed by atoms with Crippen LogP contribution in [0.5, 0.6) is 5.75 Å². The quantitative estimate of drug-likeness (QED) is 0.305. The van der Waals surface area contributed by atoms with Crippen LogP contribution in [0.3, 0.4) is 0 Å². The fourth-order valence-corrected chi connectivity index (χ4v) is 7.10. The Hall–Kier alpha value is -3.41. The van der Waals surface area contributed by atoms with Crippen LogP contribution in [0, 0.1) is 11.8 Å². The predicted octanol–water partition coefficient (Wildman–Crippen LogP) is 0.611. The largest absolute Gasteiger partial charge is 0.510 e. The fraction of sp³-hybridized carbons (Fsp3) is 0.519. The second kappa shape index (κ2) is 8.82. The van der Waals surface area contributed by atoms with E-state index in [2.05, 4.69) is 10.2 Å². The molecule has 4 aliphatic rings. The van der Waals surface area contributed by atoms with Gasteiger partial charge in [0.2, 0.25) is 5.78 Å². The van der Waals surface area contributed by atoms with Crippen molar-refractivity contribution in [3.05, 3.63) is 45.4 Å². The van der Waals surface area contributed by atoms with Crippen molar-refractivity contribution in [1.29, 1.82) is 0 Å². The number of carbonyl (C=O) groups is 3. The smallest absolute Gasteiger partial charge is 0.255 e. The van der Waals surface area contributed by atoms with E-state index in [1.54, 1.807) is 25.1 Å². The van der Waals surface area contributed by atoms with E-state index in [-0.39, 0.29) is 35.8 Å². The summed E-state index contributed by atoms with van der Waals surface area (Å²) in [5.41, 5.74) is 4.20. The van der Waals surface area contributed by atoms with Gasteiger partial charge in [0.15, 0.2) is 11.4 Å². The average Bonchev–Trinajstić information content (AvgIpc) is 2.82. The van der Waals surface area contributed by atoms with Gasteiger partial charge in [-0.05, 0) is 63.0 Å². The number of benzene rings is 1. The number of allylic oxidation sites excluding steroid dienone is 1. The van der Waals surface area contributed by atoms with E-state index < -0.39 is 58.0 Å². The third kappa shape index (κ3) is 3.35. The van der Waals surface area contributed by atoms with E-state index in [0.29, 0.717) is 5.56 Å². The highest BCUT2D eigenvalue weighted by atomic mass is 16.3. The summed E-state index contributed by atoms with van der Waals surface area (Å²) in [6.07, 6.45) is 1.17. The monoisotopic (exact) mass is 526 g/mol. The third-order valence-electron chi connectivity index (χ3n) is 8.69. The molecule has 0 saturated heterocycles. The second-order valence-electron chi connectivity index (χ2n) is 11.0. The van der Waals surface area contributed by atoms with Gasteiger partial charge in [0.1, 0.15) is 22.8 Å². The molecular weight excluding hydrogens is 492 g/mol. The molecule has 3 aliphatic carbocycles. The molecule has 0 radical (unpaired) electrons. The van der Waals surface area contributed by atoms with Crippen molar-refractivity contribution in [2.45, 2.75) is 43.9 Å². The summed E-state index contributed by atoms with van der Waals surface area (Å²) in [5.74, 6) is -6.46. The van der Waals surface area contributed by atoms with Crippen LogP contribution in [-0.4, -0.2) is 88.7 Å². The van der Waals surface area contributed by atoms with Gasteiger partial charge in [-0.2, -0.15) is 0 Å². The molecule has 1 unspecified atom stereocenters. The minimum atomic E-state index is -2.64. The van der Waals surface area contributed by atoms with Crippen LogP contribution in [-0.2, 0) is 16.0 Å². The topological polar surface area (TPSA) is 177 Å². The number of aliphatic hydroxyl groups is 3. The standard InChI is InChI=1S/C27H34N4O7/c1-5-29-15-6-7-31(4)20-12(15)10-16(32)18-13(20)8-11-9-14-21(30(2)3)23(34)19(26(28)37)25(36)27(14,38)24(35)17(11)22(18)33/h10-11,14-15,21,29,32,34-35,38H,5-9H2,1-4H3,(H2,28,37)/t11-,14-,15?,21-,27+/m1/s1. The minimum Gasteiger partial charge on any atom is -0.510 e. The van der Waals surface area contributed by atoms with E-state index in [1.807, 2.05) is 14.0 Å². The summed E-state index contributed by atoms with van der Waals surface area (Å²) in [6, 6.07) is 0.564. The highest BCUT2D eigenvalue weighted by Gasteiger charge is 2.63. The van der Waals surface area contributed by atoms with E-state index >= 15 is 0 Å². The number of aliphatic hydroxyl groups excluding tert-OH is 2. The van der Waals surface area contributed by atoms with Gasteiger partial charge in [0.25, 0.3) is 5.91 Å². The van der Waals surface area contributed by atoms with Gasteiger partial charge in [-0.3, -0.25) is 19.3 Å². The summed E-state index contributed by atoms with van der Waals surface area (Å²) in [6.45, 7) is 3.48. The molecule has 0 bridgehead atoms. The normalized spacial score (nSPS) is 30.7. The number of ketones is 2. The summed E-state index contributed by atoms with van der Waals surface area (Å²) in [4.78, 5) is 43.0. The van der Waals surface area contributed by atoms with Crippen molar-refractivity contribution >= 4 is 23.2 Å². The Morgan fingerprint density at radius 1 is 1.26 bits per heavy atom. The van der Waals surface area contributed by atoms with Gasteiger partial charge in [0.05, 0.1) is 11.6 Å². The highest BCUT2D eigenvalue weighted by Crippen LogP contribution is 2.54. The zero-order chi connectivity index (χ0) is 27.8. The first-order valence-electron chi connectivity index (χ1n) is 12.8. The Kier molecular flexibility index (Phi) is 6.08. The minimum absolute atomic E-state index is 0.00248. The first kappa shape index (κ1) is 26.2. The van der Waals surface area contributed by atoms with Crippen LogP contribution in [0.4, 0.5) is 5.69 Å². The number of fused-ring (bicyclic) bond motifs is 5. The SMILES string of the molecule is CCNC1CCN(C)c2c1cc(O)c1c2C[C@@H]2C[C@@H]3[C@@H](N(C)C)C(O)=C(C(N)=O)C(=O)[C@@]3(O)C(O)=C2C1=O. The van der Waals surface area contributed by atoms with Crippen LogP contribution in [0.25, 0.3) is 0 Å². The van der Waals surface area contributed by atoms with E-state index in [0.717, 1.165) is 30.8 Å². The summed E-state index contributed by atoms with van der Waals surface area (Å²) < 4.78 is 0. The number of primary amides is 1. The number of nitrogens with zero attached hydrogens (tertiary/aromatic N) is 2. The number of rotatable bonds is 4. The lowest BCUT2D eigenvalue weighted by atomic mass is 9.58. The van der Waals surface area contributed by atoms with Crippen molar-refractivity contribution in [3.8, 4) is 5.75 Å². The maximum Gasteiger partial charge on any atom is 0.255 e. The van der Waals surface area contributed by atoms with Crippen molar-refractivity contribution < 1.29 is 34.8 Å². The Balaban J connectivity index is 1.72. The molecule has 11 heteroatoms. The van der Waals surface area contributed by atoms with Crippen molar-refractivity contribution in [2.75, 3.05) is 39.1 Å². The number of hydrogen-bond donors (Lipinski definition) is 6. The number of carbonyl (C=O) groups excluding carboxylic acids is 3. The Morgan fingerprint density at radius 3 is 2.55 bits per heavy atom. The molecule has 11 nitrogen and oxygen atoms in total. The van der Waals surface area contributed by atoms with Crippen LogP contribution < -0.4 is 16.0 Å². The fourth-order valence-electron chi connectivity index (χ4n) is 7.10. The molecule has 0 fully saturated rings. The van der Waals surface area contributed by atoms with E-state index in [9.17, 15) is 34.8 Å². The molecule has 7 N–H and O–H groups in total. The zero-order valence-electron chi connectivity index (χ0n) is 21.9. The molecule has 1 aliphatic heterocycles. The number of anilines is 1. The van der Waals surface area contributed by atoms with Crippen LogP contribution in [0.2, 0.25) is 0 Å². The van der Waals surface area contributed by atoms with Gasteiger partial charge < -0.3 is 36.4 Å². The summed E-state index contributed by atoms with van der Waals surface area (Å²) in [7, 11) is 5.15. The molecule has 5 atom stereocenters. The number of phenolic OH excluding ortho intramolecular Hbond substituents is 1. The molecule has 38 heavy (non-hydrogen) atoms. The molecular formula is C27H34N4O7. The molecule has 1 aromatic rings. The maximum absolute atomic E-state index is 13.9. The van der Waals surface area contributed by atoms with Gasteiger partial charge in [-0.15, -0.1) is 0 Å². The lowest BCUT2D eigenvalue weighted by Crippen LogP contribution is -2.63. The number of phenols is 1. The summed E-state index contributed by atoms with van der Waals surface area (Å²) in [5, 5.41) is 48.5. The number of amides is 1.